The van der Waals surface area contributed by atoms with Gasteiger partial charge in [-0.25, -0.2) is 0 Å². The fourth-order valence-corrected chi connectivity index (χ4v) is 2.55. The minimum absolute atomic E-state index is 0.125. The van der Waals surface area contributed by atoms with Gasteiger partial charge in [-0.15, -0.1) is 11.3 Å². The van der Waals surface area contributed by atoms with Gasteiger partial charge in [0, 0.05) is 11.1 Å². The van der Waals surface area contributed by atoms with Crippen LogP contribution in [0.2, 0.25) is 0 Å². The maximum absolute atomic E-state index is 11.8. The van der Waals surface area contributed by atoms with Crippen molar-refractivity contribution in [1.29, 1.82) is 0 Å². The Labute approximate surface area is 129 Å². The molecule has 3 heterocycles. The lowest BCUT2D eigenvalue weighted by molar-refractivity contribution is -0.120. The Morgan fingerprint density at radius 1 is 1.36 bits per heavy atom. The quantitative estimate of drug-likeness (QED) is 0.740. The molecule has 112 valence electrons. The predicted molar refractivity (Wildman–Crippen MR) is 80.2 cm³/mol. The molecule has 0 atom stereocenters. The van der Waals surface area contributed by atoms with Crippen LogP contribution in [-0.4, -0.2) is 21.0 Å². The summed E-state index contributed by atoms with van der Waals surface area (Å²) in [5.41, 5.74) is 0.0268. The van der Waals surface area contributed by atoms with Crippen LogP contribution in [0.15, 0.2) is 45.2 Å². The topological polar surface area (TPSA) is 101 Å². The van der Waals surface area contributed by atoms with Crippen molar-refractivity contribution in [3.05, 3.63) is 57.0 Å². The minimum Gasteiger partial charge on any atom is -0.347 e. The van der Waals surface area contributed by atoms with E-state index in [-0.39, 0.29) is 29.7 Å². The normalized spacial score (nSPS) is 10.5. The number of hydrogen-bond donors (Lipinski definition) is 2. The van der Waals surface area contributed by atoms with Crippen molar-refractivity contribution in [3.8, 4) is 11.4 Å². The number of rotatable bonds is 5. The molecular weight excluding hydrogens is 304 g/mol. The van der Waals surface area contributed by atoms with E-state index in [1.165, 1.54) is 17.5 Å². The summed E-state index contributed by atoms with van der Waals surface area (Å²) in [7, 11) is 0. The molecule has 0 bridgehead atoms. The molecule has 2 N–H and O–H groups in total. The highest BCUT2D eigenvalue weighted by Crippen LogP contribution is 2.11. The van der Waals surface area contributed by atoms with E-state index >= 15 is 0 Å². The third-order valence-corrected chi connectivity index (χ3v) is 3.76. The molecule has 22 heavy (non-hydrogen) atoms. The Balaban J connectivity index is 1.61. The number of H-pyrrole nitrogens is 1. The first-order chi connectivity index (χ1) is 10.7. The van der Waals surface area contributed by atoms with Crippen molar-refractivity contribution in [2.45, 2.75) is 13.0 Å². The Morgan fingerprint density at radius 2 is 2.27 bits per heavy atom. The van der Waals surface area contributed by atoms with Crippen LogP contribution in [0.4, 0.5) is 0 Å². The molecule has 0 aliphatic carbocycles. The molecule has 0 fully saturated rings. The number of carbonyl (C=O) groups excluding carboxylic acids is 1. The van der Waals surface area contributed by atoms with Gasteiger partial charge in [0.1, 0.15) is 0 Å². The zero-order valence-electron chi connectivity index (χ0n) is 11.4. The molecule has 1 amide bonds. The van der Waals surface area contributed by atoms with Crippen LogP contribution in [0.25, 0.3) is 11.4 Å². The van der Waals surface area contributed by atoms with E-state index < -0.39 is 0 Å². The fraction of sp³-hybridized carbons (Fsp3) is 0.143. The average Bonchev–Trinajstić information content (AvgIpc) is 3.17. The monoisotopic (exact) mass is 316 g/mol. The lowest BCUT2D eigenvalue weighted by atomic mass is 10.3. The molecule has 0 aliphatic heterocycles. The van der Waals surface area contributed by atoms with E-state index in [0.29, 0.717) is 12.0 Å². The Morgan fingerprint density at radius 3 is 3.05 bits per heavy atom. The summed E-state index contributed by atoms with van der Waals surface area (Å²) >= 11 is 1.53. The summed E-state index contributed by atoms with van der Waals surface area (Å²) in [6.07, 6.45) is 1.84. The van der Waals surface area contributed by atoms with E-state index in [1.54, 1.807) is 12.1 Å². The molecule has 0 radical (unpaired) electrons. The zero-order chi connectivity index (χ0) is 15.4. The van der Waals surface area contributed by atoms with Crippen LogP contribution in [0.3, 0.4) is 0 Å². The van der Waals surface area contributed by atoms with Crippen LogP contribution in [-0.2, 0) is 17.8 Å². The number of thiophene rings is 1. The third kappa shape index (κ3) is 3.29. The second-order valence-electron chi connectivity index (χ2n) is 4.46. The number of nitrogens with one attached hydrogen (secondary N) is 2. The zero-order valence-corrected chi connectivity index (χ0v) is 12.2. The number of aromatic amines is 1. The van der Waals surface area contributed by atoms with Crippen molar-refractivity contribution < 1.29 is 9.32 Å². The summed E-state index contributed by atoms with van der Waals surface area (Å²) < 4.78 is 5.03. The first kappa shape index (κ1) is 14.2. The molecule has 0 saturated carbocycles. The summed E-state index contributed by atoms with van der Waals surface area (Å²) in [5, 5.41) is 8.37. The molecular formula is C14H12N4O3S. The van der Waals surface area contributed by atoms with Gasteiger partial charge in [0.05, 0.1) is 18.5 Å². The maximum atomic E-state index is 11.8. The second kappa shape index (κ2) is 6.35. The number of hydrogen-bond acceptors (Lipinski definition) is 6. The van der Waals surface area contributed by atoms with Gasteiger partial charge in [0.2, 0.25) is 17.6 Å². The number of carbonyl (C=O) groups is 1. The van der Waals surface area contributed by atoms with Gasteiger partial charge in [-0.05, 0) is 23.6 Å². The molecule has 0 spiro atoms. The molecule has 0 saturated heterocycles. The van der Waals surface area contributed by atoms with Gasteiger partial charge in [-0.2, -0.15) is 4.98 Å². The molecule has 7 nitrogen and oxygen atoms in total. The van der Waals surface area contributed by atoms with Crippen molar-refractivity contribution in [3.63, 3.8) is 0 Å². The highest BCUT2D eigenvalue weighted by Gasteiger charge is 2.12. The summed E-state index contributed by atoms with van der Waals surface area (Å²) in [4.78, 5) is 31.0. The van der Waals surface area contributed by atoms with E-state index in [1.807, 2.05) is 17.5 Å². The van der Waals surface area contributed by atoms with E-state index in [2.05, 4.69) is 20.4 Å². The molecule has 3 aromatic rings. The predicted octanol–water partition coefficient (Wildman–Crippen LogP) is 1.35. The molecule has 3 aromatic heterocycles. The highest BCUT2D eigenvalue weighted by atomic mass is 32.1. The molecule has 0 aromatic carbocycles. The molecule has 8 heteroatoms. The molecule has 0 aliphatic rings. The maximum Gasteiger partial charge on any atom is 0.259 e. The van der Waals surface area contributed by atoms with Crippen LogP contribution >= 0.6 is 11.3 Å². The van der Waals surface area contributed by atoms with Gasteiger partial charge in [-0.1, -0.05) is 11.2 Å². The van der Waals surface area contributed by atoms with Crippen molar-refractivity contribution in [1.82, 2.24) is 20.4 Å². The smallest absolute Gasteiger partial charge is 0.259 e. The second-order valence-corrected chi connectivity index (χ2v) is 5.49. The molecule has 0 unspecified atom stereocenters. The number of pyridine rings is 1. The van der Waals surface area contributed by atoms with Crippen LogP contribution in [0.5, 0.6) is 0 Å². The number of nitrogens with zero attached hydrogens (tertiary/aromatic N) is 2. The fourth-order valence-electron chi connectivity index (χ4n) is 1.84. The van der Waals surface area contributed by atoms with Gasteiger partial charge in [-0.3, -0.25) is 9.59 Å². The standard InChI is InChI=1S/C14H12N4O3S/c19-11(7-9-3-2-6-22-9)16-8-12-17-13(18-21-12)10-4-1-5-15-14(10)20/h1-6H,7-8H2,(H,15,20)(H,16,19). The van der Waals surface area contributed by atoms with Gasteiger partial charge >= 0.3 is 0 Å². The lowest BCUT2D eigenvalue weighted by Crippen LogP contribution is -2.24. The number of amides is 1. The lowest BCUT2D eigenvalue weighted by Gasteiger charge is -1.99. The SMILES string of the molecule is O=C(Cc1cccs1)NCc1nc(-c2ccc[nH]c2=O)no1. The summed E-state index contributed by atoms with van der Waals surface area (Å²) in [6.45, 7) is 0.127. The highest BCUT2D eigenvalue weighted by molar-refractivity contribution is 7.10. The van der Waals surface area contributed by atoms with Crippen molar-refractivity contribution in [2.75, 3.05) is 0 Å². The Bertz CT molecular complexity index is 822. The minimum atomic E-state index is -0.295. The van der Waals surface area contributed by atoms with Gasteiger partial charge in [0.25, 0.3) is 5.56 Å². The average molecular weight is 316 g/mol. The number of aromatic nitrogens is 3. The van der Waals surface area contributed by atoms with Crippen molar-refractivity contribution in [2.24, 2.45) is 0 Å². The van der Waals surface area contributed by atoms with E-state index in [4.69, 9.17) is 4.52 Å². The Hall–Kier alpha value is -2.74. The summed E-state index contributed by atoms with van der Waals surface area (Å²) in [5.74, 6) is 0.321. The molecule has 3 rings (SSSR count). The first-order valence-corrected chi connectivity index (χ1v) is 7.40. The van der Waals surface area contributed by atoms with Gasteiger partial charge in [0.15, 0.2) is 0 Å². The largest absolute Gasteiger partial charge is 0.347 e. The first-order valence-electron chi connectivity index (χ1n) is 6.52. The van der Waals surface area contributed by atoms with Crippen LogP contribution < -0.4 is 10.9 Å². The summed E-state index contributed by atoms with van der Waals surface area (Å²) in [6, 6.07) is 7.07. The van der Waals surface area contributed by atoms with Crippen molar-refractivity contribution >= 4 is 17.2 Å². The van der Waals surface area contributed by atoms with Gasteiger partial charge < -0.3 is 14.8 Å². The third-order valence-electron chi connectivity index (χ3n) is 2.88. The van der Waals surface area contributed by atoms with E-state index in [0.717, 1.165) is 4.88 Å². The van der Waals surface area contributed by atoms with E-state index in [9.17, 15) is 9.59 Å². The Kier molecular flexibility index (Phi) is 4.10. The van der Waals surface area contributed by atoms with Crippen LogP contribution in [0.1, 0.15) is 10.8 Å². The van der Waals surface area contributed by atoms with Crippen LogP contribution in [0, 0.1) is 0 Å².